The molecule has 0 radical (unpaired) electrons. The van der Waals surface area contributed by atoms with E-state index in [1.807, 2.05) is 58.9 Å². The van der Waals surface area contributed by atoms with Gasteiger partial charge in [-0.1, -0.05) is 49.8 Å². The van der Waals surface area contributed by atoms with E-state index in [0.29, 0.717) is 46.7 Å². The molecule has 0 amide bonds. The van der Waals surface area contributed by atoms with Crippen LogP contribution in [0, 0.1) is 0 Å². The summed E-state index contributed by atoms with van der Waals surface area (Å²) >= 11 is 1.44. The summed E-state index contributed by atoms with van der Waals surface area (Å²) in [6.07, 6.45) is 0.910. The van der Waals surface area contributed by atoms with Gasteiger partial charge in [-0.15, -0.1) is 0 Å². The monoisotopic (exact) mass is 416 g/mol. The van der Waals surface area contributed by atoms with Crippen molar-refractivity contribution in [3.63, 3.8) is 0 Å². The zero-order valence-electron chi connectivity index (χ0n) is 17.6. The van der Waals surface area contributed by atoms with Crippen LogP contribution in [0.4, 0.5) is 0 Å². The number of hydrogen-bond donors (Lipinski definition) is 0. The van der Waals surface area contributed by atoms with Crippen molar-refractivity contribution >= 4 is 22.7 Å². The van der Waals surface area contributed by atoms with Crippen LogP contribution >= 0.6 is 11.8 Å². The van der Waals surface area contributed by atoms with Crippen LogP contribution in [0.25, 0.3) is 10.9 Å². The summed E-state index contributed by atoms with van der Waals surface area (Å²) in [7, 11) is 0. The second kappa shape index (κ2) is 9.09. The van der Waals surface area contributed by atoms with Gasteiger partial charge in [-0.2, -0.15) is 4.98 Å². The molecule has 0 spiro atoms. The van der Waals surface area contributed by atoms with Gasteiger partial charge in [-0.25, -0.2) is 4.98 Å². The van der Waals surface area contributed by atoms with Crippen molar-refractivity contribution in [2.45, 2.75) is 70.0 Å². The Hall–Kier alpha value is -2.19. The van der Waals surface area contributed by atoms with Crippen molar-refractivity contribution in [2.75, 3.05) is 6.61 Å². The molecule has 0 fully saturated rings. The minimum Gasteiger partial charge on any atom is -0.379 e. The van der Waals surface area contributed by atoms with E-state index in [0.717, 1.165) is 6.42 Å². The Kier molecular flexibility index (Phi) is 6.74. The van der Waals surface area contributed by atoms with E-state index in [9.17, 15) is 4.79 Å². The Morgan fingerprint density at radius 2 is 1.97 bits per heavy atom. The largest absolute Gasteiger partial charge is 0.379 e. The van der Waals surface area contributed by atoms with Crippen LogP contribution in [-0.4, -0.2) is 32.4 Å². The van der Waals surface area contributed by atoms with E-state index in [1.165, 1.54) is 11.8 Å². The maximum absolute atomic E-state index is 13.0. The molecule has 0 unspecified atom stereocenters. The SMILES string of the molecule is CC(C)OCCCn1c(SCc2noc(C(C)(C)C)n2)nc2ccccc2c1=O. The molecule has 7 nitrogen and oxygen atoms in total. The molecule has 0 aliphatic carbocycles. The van der Waals surface area contributed by atoms with Crippen molar-refractivity contribution in [1.29, 1.82) is 0 Å². The second-order valence-electron chi connectivity index (χ2n) is 8.20. The van der Waals surface area contributed by atoms with Gasteiger partial charge in [0.25, 0.3) is 5.56 Å². The fraction of sp³-hybridized carbons (Fsp3) is 0.524. The van der Waals surface area contributed by atoms with E-state index >= 15 is 0 Å². The summed E-state index contributed by atoms with van der Waals surface area (Å²) in [6, 6.07) is 7.42. The molecule has 3 aromatic rings. The van der Waals surface area contributed by atoms with Crippen molar-refractivity contribution in [2.24, 2.45) is 0 Å². The third kappa shape index (κ3) is 5.45. The van der Waals surface area contributed by atoms with Crippen molar-refractivity contribution < 1.29 is 9.26 Å². The van der Waals surface area contributed by atoms with Crippen LogP contribution in [-0.2, 0) is 22.4 Å². The van der Waals surface area contributed by atoms with E-state index in [-0.39, 0.29) is 17.1 Å². The molecule has 1 aromatic carbocycles. The van der Waals surface area contributed by atoms with Crippen LogP contribution in [0.3, 0.4) is 0 Å². The first kappa shape index (κ1) is 21.5. The molecule has 0 aliphatic heterocycles. The summed E-state index contributed by atoms with van der Waals surface area (Å²) in [6.45, 7) is 11.2. The molecule has 2 heterocycles. The first-order valence-corrected chi connectivity index (χ1v) is 10.8. The quantitative estimate of drug-likeness (QED) is 0.309. The van der Waals surface area contributed by atoms with Crippen LogP contribution in [0.1, 0.15) is 52.8 Å². The van der Waals surface area contributed by atoms with Gasteiger partial charge in [0.05, 0.1) is 22.8 Å². The molecule has 0 atom stereocenters. The van der Waals surface area contributed by atoms with E-state index in [2.05, 4.69) is 10.1 Å². The molecule has 8 heteroatoms. The average molecular weight is 417 g/mol. The van der Waals surface area contributed by atoms with Gasteiger partial charge in [-0.05, 0) is 32.4 Å². The maximum atomic E-state index is 13.0. The van der Waals surface area contributed by atoms with Crippen LogP contribution in [0.2, 0.25) is 0 Å². The number of thioether (sulfide) groups is 1. The molecule has 0 saturated heterocycles. The predicted octanol–water partition coefficient (Wildman–Crippen LogP) is 4.18. The average Bonchev–Trinajstić information content (AvgIpc) is 3.14. The number of rotatable bonds is 8. The lowest BCUT2D eigenvalue weighted by Gasteiger charge is -2.13. The maximum Gasteiger partial charge on any atom is 0.262 e. The molecule has 0 saturated carbocycles. The van der Waals surface area contributed by atoms with Crippen molar-refractivity contribution in [3.05, 3.63) is 46.3 Å². The standard InChI is InChI=1S/C21H28N4O3S/c1-14(2)27-12-8-11-25-18(26)15-9-6-7-10-16(15)22-20(25)29-13-17-23-19(28-24-17)21(3,4)5/h6-7,9-10,14H,8,11-13H2,1-5H3. The molecule has 29 heavy (non-hydrogen) atoms. The summed E-state index contributed by atoms with van der Waals surface area (Å²) in [5.74, 6) is 1.67. The fourth-order valence-electron chi connectivity index (χ4n) is 2.74. The van der Waals surface area contributed by atoms with Crippen molar-refractivity contribution in [1.82, 2.24) is 19.7 Å². The summed E-state index contributed by atoms with van der Waals surface area (Å²) in [5, 5.41) is 5.34. The van der Waals surface area contributed by atoms with Crippen LogP contribution in [0.15, 0.2) is 38.7 Å². The number of benzene rings is 1. The lowest BCUT2D eigenvalue weighted by atomic mass is 9.97. The first-order valence-electron chi connectivity index (χ1n) is 9.83. The molecule has 2 aromatic heterocycles. The Morgan fingerprint density at radius 3 is 2.66 bits per heavy atom. The highest BCUT2D eigenvalue weighted by Gasteiger charge is 2.22. The second-order valence-corrected chi connectivity index (χ2v) is 9.14. The van der Waals surface area contributed by atoms with Gasteiger partial charge in [0, 0.05) is 18.6 Å². The minimum absolute atomic E-state index is 0.0360. The molecular weight excluding hydrogens is 388 g/mol. The summed E-state index contributed by atoms with van der Waals surface area (Å²) in [5.41, 5.74) is 0.458. The minimum atomic E-state index is -0.199. The number of nitrogens with zero attached hydrogens (tertiary/aromatic N) is 4. The van der Waals surface area contributed by atoms with E-state index < -0.39 is 0 Å². The van der Waals surface area contributed by atoms with Gasteiger partial charge < -0.3 is 9.26 Å². The highest BCUT2D eigenvalue weighted by Crippen LogP contribution is 2.24. The third-order valence-corrected chi connectivity index (χ3v) is 5.22. The van der Waals surface area contributed by atoms with E-state index in [4.69, 9.17) is 14.2 Å². The molecule has 0 N–H and O–H groups in total. The third-order valence-electron chi connectivity index (χ3n) is 4.24. The Labute approximate surface area is 174 Å². The summed E-state index contributed by atoms with van der Waals surface area (Å²) < 4.78 is 12.7. The van der Waals surface area contributed by atoms with Gasteiger partial charge in [0.15, 0.2) is 11.0 Å². The normalized spacial score (nSPS) is 12.2. The number of para-hydroxylation sites is 1. The number of ether oxygens (including phenoxy) is 1. The lowest BCUT2D eigenvalue weighted by molar-refractivity contribution is 0.0743. The molecule has 156 valence electrons. The Balaban J connectivity index is 1.83. The molecule has 3 rings (SSSR count). The van der Waals surface area contributed by atoms with Crippen molar-refractivity contribution in [3.8, 4) is 0 Å². The highest BCUT2D eigenvalue weighted by molar-refractivity contribution is 7.98. The van der Waals surface area contributed by atoms with Gasteiger partial charge in [-0.3, -0.25) is 9.36 Å². The Morgan fingerprint density at radius 1 is 1.21 bits per heavy atom. The number of aromatic nitrogens is 4. The zero-order valence-corrected chi connectivity index (χ0v) is 18.5. The molecular formula is C21H28N4O3S. The molecule has 0 aliphatic rings. The number of hydrogen-bond acceptors (Lipinski definition) is 7. The number of fused-ring (bicyclic) bond motifs is 1. The van der Waals surface area contributed by atoms with Gasteiger partial charge >= 0.3 is 0 Å². The Bertz CT molecular complexity index is 1020. The fourth-order valence-corrected chi connectivity index (χ4v) is 3.61. The zero-order chi connectivity index (χ0) is 21.0. The highest BCUT2D eigenvalue weighted by atomic mass is 32.2. The smallest absolute Gasteiger partial charge is 0.262 e. The topological polar surface area (TPSA) is 83.0 Å². The van der Waals surface area contributed by atoms with Crippen LogP contribution in [0.5, 0.6) is 0 Å². The summed E-state index contributed by atoms with van der Waals surface area (Å²) in [4.78, 5) is 22.2. The van der Waals surface area contributed by atoms with Gasteiger partial charge in [0.1, 0.15) is 0 Å². The molecule has 0 bridgehead atoms. The van der Waals surface area contributed by atoms with E-state index in [1.54, 1.807) is 4.57 Å². The lowest BCUT2D eigenvalue weighted by Crippen LogP contribution is -2.24. The first-order chi connectivity index (χ1) is 13.8. The van der Waals surface area contributed by atoms with Crippen LogP contribution < -0.4 is 5.56 Å². The predicted molar refractivity (Wildman–Crippen MR) is 114 cm³/mol. The van der Waals surface area contributed by atoms with Gasteiger partial charge in [0.2, 0.25) is 5.89 Å².